The Labute approximate surface area is 87.3 Å². The molecule has 0 fully saturated rings. The molecule has 2 heteroatoms. The van der Waals surface area contributed by atoms with Gasteiger partial charge in [0, 0.05) is 0 Å². The van der Waals surface area contributed by atoms with Crippen molar-refractivity contribution >= 4 is 14.3 Å². The average Bonchev–Trinajstić information content (AvgIpc) is 1.65. The van der Waals surface area contributed by atoms with E-state index in [0.29, 0.717) is 4.25 Å². The monoisotopic (exact) mass is 316 g/mol. The van der Waals surface area contributed by atoms with Gasteiger partial charge >= 0.3 is 63.7 Å². The molecule has 0 unspecified atom stereocenters. The molecule has 0 spiro atoms. The Morgan fingerprint density at radius 3 is 1.30 bits per heavy atom. The topological polar surface area (TPSA) is 0 Å². The summed E-state index contributed by atoms with van der Waals surface area (Å²) in [5.41, 5.74) is 0. The molecule has 0 aliphatic carbocycles. The molecule has 0 aliphatic heterocycles. The van der Waals surface area contributed by atoms with E-state index in [2.05, 4.69) is 34.6 Å². The maximum absolute atomic E-state index is 2.40. The van der Waals surface area contributed by atoms with Crippen LogP contribution in [0.3, 0.4) is 0 Å². The van der Waals surface area contributed by atoms with Crippen molar-refractivity contribution in [2.24, 2.45) is 0 Å². The molecule has 0 aliphatic rings. The molecule has 0 bridgehead atoms. The molecule has 0 N–H and O–H groups in total. The van der Waals surface area contributed by atoms with Crippen molar-refractivity contribution in [1.29, 1.82) is 0 Å². The Hall–Kier alpha value is 1.27. The molecule has 0 nitrogen and oxygen atoms in total. The van der Waals surface area contributed by atoms with Crippen LogP contribution in [-0.4, -0.2) is 14.3 Å². The van der Waals surface area contributed by atoms with Gasteiger partial charge in [0.15, 0.2) is 0 Å². The van der Waals surface area contributed by atoms with Gasteiger partial charge in [0.1, 0.15) is 0 Å². The summed E-state index contributed by atoms with van der Waals surface area (Å²) in [6.07, 6.45) is 0. The van der Waals surface area contributed by atoms with Gasteiger partial charge in [-0.2, -0.15) is 0 Å². The van der Waals surface area contributed by atoms with E-state index < -0.39 is 14.3 Å². The van der Waals surface area contributed by atoms with Crippen molar-refractivity contribution in [1.82, 2.24) is 0 Å². The fraction of sp³-hybridized carbons (Fsp3) is 1.00. The molecule has 0 radical (unpaired) electrons. The normalized spacial score (nSPS) is 10.5. The Balaban J connectivity index is 0. The van der Waals surface area contributed by atoms with Gasteiger partial charge in [-0.1, -0.05) is 0 Å². The van der Waals surface area contributed by atoms with Crippen molar-refractivity contribution in [3.63, 3.8) is 0 Å². The summed E-state index contributed by atoms with van der Waals surface area (Å²) in [7, 11) is 0. The minimum Gasteiger partial charge on any atom is -1.00 e. The summed E-state index contributed by atoms with van der Waals surface area (Å²) in [5.74, 6) is 0. The fourth-order valence-electron chi connectivity index (χ4n) is 1.31. The Morgan fingerprint density at radius 2 is 1.30 bits per heavy atom. The van der Waals surface area contributed by atoms with Gasteiger partial charge < -0.3 is 24.0 Å². The third-order valence-corrected chi connectivity index (χ3v) is 9.95. The Morgan fingerprint density at radius 1 is 1.00 bits per heavy atom. The van der Waals surface area contributed by atoms with E-state index >= 15 is 0 Å². The predicted molar refractivity (Wildman–Crippen MR) is 46.4 cm³/mol. The second-order valence-electron chi connectivity index (χ2n) is 3.56. The Kier molecular flexibility index (Phi) is 8.11. The van der Waals surface area contributed by atoms with E-state index in [-0.39, 0.29) is 24.0 Å². The third-order valence-electron chi connectivity index (χ3n) is 1.91. The molecular formula is C8H19GeI. The van der Waals surface area contributed by atoms with Crippen LogP contribution in [0, 0.1) is 0 Å². The van der Waals surface area contributed by atoms with E-state index in [4.69, 9.17) is 0 Å². The van der Waals surface area contributed by atoms with Gasteiger partial charge in [0.2, 0.25) is 0 Å². The maximum Gasteiger partial charge on any atom is -1.00 e. The molecule has 0 saturated carbocycles. The first-order chi connectivity index (χ1) is 4.02. The number of rotatable bonds is 2. The van der Waals surface area contributed by atoms with Gasteiger partial charge in [-0.15, -0.1) is 0 Å². The molecule has 0 amide bonds. The van der Waals surface area contributed by atoms with Crippen LogP contribution in [0.25, 0.3) is 0 Å². The minimum absolute atomic E-state index is 0. The van der Waals surface area contributed by atoms with Gasteiger partial charge in [-0.05, 0) is 0 Å². The van der Waals surface area contributed by atoms with Gasteiger partial charge in [0.05, 0.1) is 0 Å². The molecule has 0 saturated heterocycles. The van der Waals surface area contributed by atoms with E-state index in [9.17, 15) is 0 Å². The van der Waals surface area contributed by atoms with Gasteiger partial charge in [-0.3, -0.25) is 0 Å². The van der Waals surface area contributed by atoms with Crippen molar-refractivity contribution in [2.75, 3.05) is 0 Å². The molecule has 0 aromatic heterocycles. The van der Waals surface area contributed by atoms with Crippen LogP contribution >= 0.6 is 0 Å². The first-order valence-electron chi connectivity index (χ1n) is 3.87. The summed E-state index contributed by atoms with van der Waals surface area (Å²) in [6.45, 7) is 11.9. The molecule has 0 atom stereocenters. The summed E-state index contributed by atoms with van der Waals surface area (Å²) in [5, 5.41) is 2.97. The first-order valence-corrected chi connectivity index (χ1v) is 7.89. The second-order valence-corrected chi connectivity index (χ2v) is 12.2. The molecule has 0 aromatic rings. The average molecular weight is 315 g/mol. The van der Waals surface area contributed by atoms with Crippen molar-refractivity contribution in [3.8, 4) is 0 Å². The minimum atomic E-state index is -0.637. The zero-order valence-electron chi connectivity index (χ0n) is 7.79. The van der Waals surface area contributed by atoms with Crippen LogP contribution < -0.4 is 24.0 Å². The first kappa shape index (κ1) is 13.8. The zero-order valence-corrected chi connectivity index (χ0v) is 12.0. The van der Waals surface area contributed by atoms with E-state index in [0.717, 1.165) is 0 Å². The Bertz CT molecular complexity index is 71.8. The molecule has 0 rings (SSSR count). The van der Waals surface area contributed by atoms with E-state index in [1.807, 2.05) is 0 Å². The maximum atomic E-state index is 2.40. The second kappa shape index (κ2) is 5.86. The van der Waals surface area contributed by atoms with Crippen LogP contribution in [0.5, 0.6) is 0 Å². The van der Waals surface area contributed by atoms with E-state index in [1.54, 1.807) is 0 Å². The van der Waals surface area contributed by atoms with E-state index in [1.165, 1.54) is 10.5 Å². The molecule has 62 valence electrons. The standard InChI is InChI=1S/C8H19Ge.HI/c1-6-9(7-2)8(3,4)5;/h6-7H2,1-5H3;1H/q+1;/p-1. The summed E-state index contributed by atoms with van der Waals surface area (Å²) in [4.78, 5) is 0. The van der Waals surface area contributed by atoms with Gasteiger partial charge in [-0.25, -0.2) is 0 Å². The number of halogens is 1. The largest absolute Gasteiger partial charge is 1.00 e. The van der Waals surface area contributed by atoms with Crippen LogP contribution in [0.1, 0.15) is 34.6 Å². The smallest absolute Gasteiger partial charge is 1.00 e. The summed E-state index contributed by atoms with van der Waals surface area (Å²) >= 11 is -0.637. The van der Waals surface area contributed by atoms with Crippen LogP contribution in [0.4, 0.5) is 0 Å². The van der Waals surface area contributed by atoms with Gasteiger partial charge in [0.25, 0.3) is 0 Å². The van der Waals surface area contributed by atoms with Crippen molar-refractivity contribution in [2.45, 2.75) is 49.4 Å². The van der Waals surface area contributed by atoms with Crippen molar-refractivity contribution in [3.05, 3.63) is 0 Å². The number of hydrogen-bond donors (Lipinski definition) is 0. The SMILES string of the molecule is C[CH2][Ge+]([CH2]C)[C](C)(C)C.[I-]. The zero-order chi connectivity index (χ0) is 7.49. The predicted octanol–water partition coefficient (Wildman–Crippen LogP) is 0.325. The fourth-order valence-corrected chi connectivity index (χ4v) is 6.81. The summed E-state index contributed by atoms with van der Waals surface area (Å²) in [6, 6.07) is 0. The molecular weight excluding hydrogens is 296 g/mol. The number of hydrogen-bond acceptors (Lipinski definition) is 0. The van der Waals surface area contributed by atoms with Crippen molar-refractivity contribution < 1.29 is 24.0 Å². The quantitative estimate of drug-likeness (QED) is 0.509. The van der Waals surface area contributed by atoms with Crippen LogP contribution in [0.2, 0.25) is 14.8 Å². The molecule has 10 heavy (non-hydrogen) atoms. The molecule has 0 aromatic carbocycles. The summed E-state index contributed by atoms with van der Waals surface area (Å²) < 4.78 is 0.684. The molecule has 0 heterocycles. The van der Waals surface area contributed by atoms with Crippen LogP contribution in [-0.2, 0) is 0 Å². The third kappa shape index (κ3) is 4.99. The van der Waals surface area contributed by atoms with Crippen LogP contribution in [0.15, 0.2) is 0 Å².